The molecule has 1 N–H and O–H groups in total. The highest BCUT2D eigenvalue weighted by Gasteiger charge is 2.29. The van der Waals surface area contributed by atoms with E-state index in [1.165, 1.54) is 11.8 Å². The summed E-state index contributed by atoms with van der Waals surface area (Å²) < 4.78 is 3.35. The van der Waals surface area contributed by atoms with Crippen LogP contribution in [0, 0.1) is 6.92 Å². The quantitative estimate of drug-likeness (QED) is 0.351. The molecule has 2 aromatic heterocycles. The summed E-state index contributed by atoms with van der Waals surface area (Å²) in [7, 11) is 0. The summed E-state index contributed by atoms with van der Waals surface area (Å²) in [6, 6.07) is 15.4. The van der Waals surface area contributed by atoms with E-state index in [-0.39, 0.29) is 23.9 Å². The highest BCUT2D eigenvalue weighted by Crippen LogP contribution is 2.34. The molecule has 3 heterocycles. The van der Waals surface area contributed by atoms with E-state index in [1.807, 2.05) is 61.7 Å². The summed E-state index contributed by atoms with van der Waals surface area (Å²) >= 11 is 3.08. The van der Waals surface area contributed by atoms with Gasteiger partial charge in [-0.3, -0.25) is 14.2 Å². The number of benzene rings is 2. The number of rotatable bonds is 5. The highest BCUT2D eigenvalue weighted by atomic mass is 32.2. The molecular weight excluding hydrogens is 442 g/mol. The maximum Gasteiger partial charge on any atom is 0.265 e. The third-order valence-electron chi connectivity index (χ3n) is 5.42. The summed E-state index contributed by atoms with van der Waals surface area (Å²) in [5.74, 6) is 0.511. The first kappa shape index (κ1) is 20.8. The monoisotopic (exact) mass is 463 g/mol. The van der Waals surface area contributed by atoms with Gasteiger partial charge in [0.25, 0.3) is 5.56 Å². The number of carbonyl (C=O) groups excluding carboxylic acids is 1. The summed E-state index contributed by atoms with van der Waals surface area (Å²) in [5.41, 5.74) is 3.14. The van der Waals surface area contributed by atoms with Gasteiger partial charge in [0.05, 0.1) is 23.6 Å². The molecule has 0 aliphatic carbocycles. The molecule has 0 saturated heterocycles. The van der Waals surface area contributed by atoms with Crippen LogP contribution in [0.25, 0.3) is 16.7 Å². The number of carbonyl (C=O) groups is 1. The minimum absolute atomic E-state index is 0.118. The fraction of sp³-hybridized carbons (Fsp3) is 0.217. The van der Waals surface area contributed by atoms with Gasteiger partial charge in [-0.2, -0.15) is 5.10 Å². The van der Waals surface area contributed by atoms with Gasteiger partial charge in [0.15, 0.2) is 10.8 Å². The van der Waals surface area contributed by atoms with Crippen molar-refractivity contribution in [2.24, 2.45) is 0 Å². The van der Waals surface area contributed by atoms with Gasteiger partial charge in [0.1, 0.15) is 5.39 Å². The van der Waals surface area contributed by atoms with Crippen LogP contribution >= 0.6 is 23.5 Å². The second-order valence-electron chi connectivity index (χ2n) is 7.62. The summed E-state index contributed by atoms with van der Waals surface area (Å²) in [4.78, 5) is 31.8. The topological polar surface area (TPSA) is 81.8 Å². The smallest absolute Gasteiger partial charge is 0.265 e. The van der Waals surface area contributed by atoms with Crippen molar-refractivity contribution in [2.45, 2.75) is 29.4 Å². The zero-order chi connectivity index (χ0) is 22.2. The average Bonchev–Trinajstić information content (AvgIpc) is 3.39. The zero-order valence-electron chi connectivity index (χ0n) is 17.6. The number of para-hydroxylation sites is 1. The standard InChI is InChI=1S/C23H21N5O2S2/c1-14-6-5-7-15(10-14)28-21-17(12-24-28)22(30)27-16(13-32-23(27)26-21)11-20(29)25-18-8-3-4-9-19(18)31-2/h3-10,12,16H,11,13H2,1-2H3,(H,25,29). The number of thioether (sulfide) groups is 2. The number of hydrogen-bond acceptors (Lipinski definition) is 6. The minimum atomic E-state index is -0.247. The fourth-order valence-electron chi connectivity index (χ4n) is 3.89. The van der Waals surface area contributed by atoms with E-state index in [2.05, 4.69) is 10.4 Å². The van der Waals surface area contributed by atoms with Crippen LogP contribution in [-0.2, 0) is 4.79 Å². The lowest BCUT2D eigenvalue weighted by Crippen LogP contribution is -2.27. The molecule has 4 aromatic rings. The van der Waals surface area contributed by atoms with E-state index in [0.717, 1.165) is 21.8 Å². The van der Waals surface area contributed by atoms with Crippen LogP contribution in [0.4, 0.5) is 5.69 Å². The van der Waals surface area contributed by atoms with Crippen molar-refractivity contribution in [3.05, 3.63) is 70.6 Å². The molecule has 0 radical (unpaired) electrons. The SMILES string of the molecule is CSc1ccccc1NC(=O)CC1CSc2nc3c(cnn3-c3cccc(C)c3)c(=O)n21. The van der Waals surface area contributed by atoms with Crippen LogP contribution in [0.3, 0.4) is 0 Å². The van der Waals surface area contributed by atoms with Crippen molar-refractivity contribution in [1.29, 1.82) is 0 Å². The summed E-state index contributed by atoms with van der Waals surface area (Å²) in [6.07, 6.45) is 3.75. The van der Waals surface area contributed by atoms with E-state index < -0.39 is 0 Å². The Balaban J connectivity index is 1.45. The Bertz CT molecular complexity index is 1390. The summed E-state index contributed by atoms with van der Waals surface area (Å²) in [6.45, 7) is 2.01. The highest BCUT2D eigenvalue weighted by molar-refractivity contribution is 7.99. The number of aromatic nitrogens is 4. The first-order chi connectivity index (χ1) is 15.5. The molecule has 162 valence electrons. The van der Waals surface area contributed by atoms with Gasteiger partial charge in [-0.15, -0.1) is 11.8 Å². The maximum absolute atomic E-state index is 13.3. The van der Waals surface area contributed by atoms with E-state index in [4.69, 9.17) is 4.98 Å². The predicted molar refractivity (Wildman–Crippen MR) is 129 cm³/mol. The molecule has 1 amide bonds. The van der Waals surface area contributed by atoms with Crippen LogP contribution in [0.15, 0.2) is 69.6 Å². The molecule has 32 heavy (non-hydrogen) atoms. The Morgan fingerprint density at radius 3 is 2.91 bits per heavy atom. The zero-order valence-corrected chi connectivity index (χ0v) is 19.2. The number of hydrogen-bond donors (Lipinski definition) is 1. The van der Waals surface area contributed by atoms with Crippen molar-refractivity contribution in [2.75, 3.05) is 17.3 Å². The molecule has 5 rings (SSSR count). The molecule has 1 atom stereocenters. The predicted octanol–water partition coefficient (Wildman–Crippen LogP) is 4.29. The molecule has 1 aliphatic heterocycles. The first-order valence-corrected chi connectivity index (χ1v) is 12.4. The number of anilines is 1. The average molecular weight is 464 g/mol. The minimum Gasteiger partial charge on any atom is -0.325 e. The number of nitrogens with one attached hydrogen (secondary N) is 1. The normalized spacial score (nSPS) is 15.1. The Kier molecular flexibility index (Phi) is 5.52. The third-order valence-corrected chi connectivity index (χ3v) is 7.31. The van der Waals surface area contributed by atoms with Gasteiger partial charge in [-0.1, -0.05) is 36.0 Å². The molecule has 0 fully saturated rings. The lowest BCUT2D eigenvalue weighted by atomic mass is 10.2. The van der Waals surface area contributed by atoms with Gasteiger partial charge in [-0.25, -0.2) is 9.67 Å². The number of fused-ring (bicyclic) bond motifs is 2. The Labute approximate surface area is 193 Å². The van der Waals surface area contributed by atoms with Crippen LogP contribution in [0.5, 0.6) is 0 Å². The molecule has 2 aromatic carbocycles. The van der Waals surface area contributed by atoms with E-state index in [9.17, 15) is 9.59 Å². The number of aryl methyl sites for hydroxylation is 1. The Morgan fingerprint density at radius 2 is 2.09 bits per heavy atom. The maximum atomic E-state index is 13.3. The summed E-state index contributed by atoms with van der Waals surface area (Å²) in [5, 5.41) is 8.48. The lowest BCUT2D eigenvalue weighted by Gasteiger charge is -2.14. The van der Waals surface area contributed by atoms with Crippen LogP contribution in [0.1, 0.15) is 18.0 Å². The fourth-order valence-corrected chi connectivity index (χ4v) is 5.58. The van der Waals surface area contributed by atoms with Crippen LogP contribution in [-0.4, -0.2) is 37.2 Å². The van der Waals surface area contributed by atoms with Crippen molar-refractivity contribution in [1.82, 2.24) is 19.3 Å². The molecule has 0 bridgehead atoms. The number of amides is 1. The molecule has 0 spiro atoms. The van der Waals surface area contributed by atoms with E-state index >= 15 is 0 Å². The molecule has 7 nitrogen and oxygen atoms in total. The van der Waals surface area contributed by atoms with Crippen molar-refractivity contribution >= 4 is 46.2 Å². The Hall–Kier alpha value is -3.04. The van der Waals surface area contributed by atoms with Crippen LogP contribution < -0.4 is 10.9 Å². The third kappa shape index (κ3) is 3.71. The van der Waals surface area contributed by atoms with Gasteiger partial charge in [-0.05, 0) is 43.0 Å². The van der Waals surface area contributed by atoms with Gasteiger partial charge >= 0.3 is 0 Å². The van der Waals surface area contributed by atoms with Crippen molar-refractivity contribution in [3.8, 4) is 5.69 Å². The molecule has 1 unspecified atom stereocenters. The second kappa shape index (κ2) is 8.48. The van der Waals surface area contributed by atoms with Crippen LogP contribution in [0.2, 0.25) is 0 Å². The van der Waals surface area contributed by atoms with Gasteiger partial charge in [0, 0.05) is 17.1 Å². The second-order valence-corrected chi connectivity index (χ2v) is 9.45. The molecule has 0 saturated carbocycles. The largest absolute Gasteiger partial charge is 0.325 e. The number of nitrogens with zero attached hydrogens (tertiary/aromatic N) is 4. The van der Waals surface area contributed by atoms with E-state index in [1.54, 1.807) is 27.2 Å². The van der Waals surface area contributed by atoms with Gasteiger partial charge < -0.3 is 5.32 Å². The van der Waals surface area contributed by atoms with Crippen molar-refractivity contribution < 1.29 is 4.79 Å². The van der Waals surface area contributed by atoms with E-state index in [0.29, 0.717) is 21.9 Å². The Morgan fingerprint density at radius 1 is 1.25 bits per heavy atom. The lowest BCUT2D eigenvalue weighted by molar-refractivity contribution is -0.116. The first-order valence-electron chi connectivity index (χ1n) is 10.2. The molecular formula is C23H21N5O2S2. The van der Waals surface area contributed by atoms with Gasteiger partial charge in [0.2, 0.25) is 5.91 Å². The molecule has 1 aliphatic rings. The van der Waals surface area contributed by atoms with Crippen molar-refractivity contribution in [3.63, 3.8) is 0 Å². The molecule has 9 heteroatoms.